The molecule has 168 valence electrons. The summed E-state index contributed by atoms with van der Waals surface area (Å²) < 4.78 is 6.13. The first-order valence-electron chi connectivity index (χ1n) is 11.6. The number of benzene rings is 1. The molecule has 1 amide bonds. The van der Waals surface area contributed by atoms with Gasteiger partial charge >= 0.3 is 0 Å². The molecule has 0 aliphatic heterocycles. The Labute approximate surface area is 187 Å². The molecule has 2 heterocycles. The highest BCUT2D eigenvalue weighted by Crippen LogP contribution is 2.37. The van der Waals surface area contributed by atoms with Gasteiger partial charge in [0.2, 0.25) is 0 Å². The predicted octanol–water partition coefficient (Wildman–Crippen LogP) is 4.06. The average Bonchev–Trinajstić information content (AvgIpc) is 3.54. The Kier molecular flexibility index (Phi) is 5.59. The fraction of sp³-hybridized carbons (Fsp3) is 0.480. The first-order chi connectivity index (χ1) is 15.5. The van der Waals surface area contributed by atoms with Crippen molar-refractivity contribution in [3.05, 3.63) is 41.3 Å². The van der Waals surface area contributed by atoms with Gasteiger partial charge in [-0.2, -0.15) is 0 Å². The van der Waals surface area contributed by atoms with Crippen molar-refractivity contribution in [2.75, 3.05) is 6.61 Å². The number of ether oxygens (including phenoxy) is 1. The third-order valence-corrected chi connectivity index (χ3v) is 6.61. The van der Waals surface area contributed by atoms with E-state index in [1.54, 1.807) is 0 Å². The van der Waals surface area contributed by atoms with Gasteiger partial charge in [0.15, 0.2) is 0 Å². The van der Waals surface area contributed by atoms with E-state index in [1.807, 2.05) is 26.0 Å². The van der Waals surface area contributed by atoms with Gasteiger partial charge in [-0.15, -0.1) is 0 Å². The highest BCUT2D eigenvalue weighted by molar-refractivity contribution is 6.09. The van der Waals surface area contributed by atoms with Gasteiger partial charge in [-0.25, -0.2) is 9.97 Å². The molecule has 7 heteroatoms. The lowest BCUT2D eigenvalue weighted by atomic mass is 9.92. The quantitative estimate of drug-likeness (QED) is 0.543. The molecule has 5 rings (SSSR count). The molecule has 2 fully saturated rings. The van der Waals surface area contributed by atoms with E-state index >= 15 is 0 Å². The zero-order valence-electron chi connectivity index (χ0n) is 18.6. The summed E-state index contributed by atoms with van der Waals surface area (Å²) in [6.07, 6.45) is 6.98. The van der Waals surface area contributed by atoms with Crippen molar-refractivity contribution >= 4 is 16.9 Å². The molecule has 0 bridgehead atoms. The molecule has 2 atom stereocenters. The van der Waals surface area contributed by atoms with Gasteiger partial charge in [0.05, 0.1) is 29.8 Å². The summed E-state index contributed by atoms with van der Waals surface area (Å²) in [4.78, 5) is 25.5. The van der Waals surface area contributed by atoms with Crippen LogP contribution in [0, 0.1) is 19.8 Å². The molecular weight excluding hydrogens is 404 g/mol. The van der Waals surface area contributed by atoms with Crippen LogP contribution in [-0.4, -0.2) is 44.7 Å². The lowest BCUT2D eigenvalue weighted by Crippen LogP contribution is -2.45. The molecule has 7 nitrogen and oxygen atoms in total. The Morgan fingerprint density at radius 1 is 1.19 bits per heavy atom. The average molecular weight is 435 g/mol. The lowest BCUT2D eigenvalue weighted by molar-refractivity contribution is 0.0718. The predicted molar refractivity (Wildman–Crippen MR) is 123 cm³/mol. The normalized spacial score (nSPS) is 21.0. The van der Waals surface area contributed by atoms with Gasteiger partial charge in [-0.1, -0.05) is 24.5 Å². The number of carbonyl (C=O) groups excluding carboxylic acids is 1. The summed E-state index contributed by atoms with van der Waals surface area (Å²) in [6.45, 7) is 4.63. The van der Waals surface area contributed by atoms with Crippen LogP contribution in [0.4, 0.5) is 0 Å². The maximum Gasteiger partial charge on any atom is 0.255 e. The SMILES string of the molecule is Cc1ccc(OCC2CC2)c(-c2ncnc3c(C(=O)N[C@H]4CCCC[C@H]4O)c(C)[nH]c23)c1. The number of nitrogens with one attached hydrogen (secondary N) is 2. The Morgan fingerprint density at radius 3 is 2.78 bits per heavy atom. The van der Waals surface area contributed by atoms with Gasteiger partial charge in [0, 0.05) is 11.3 Å². The molecule has 2 saturated carbocycles. The summed E-state index contributed by atoms with van der Waals surface area (Å²) in [5.74, 6) is 1.23. The summed E-state index contributed by atoms with van der Waals surface area (Å²) in [5, 5.41) is 13.3. The summed E-state index contributed by atoms with van der Waals surface area (Å²) in [5.41, 5.74) is 5.29. The van der Waals surface area contributed by atoms with Crippen LogP contribution >= 0.6 is 0 Å². The van der Waals surface area contributed by atoms with E-state index in [2.05, 4.69) is 26.3 Å². The van der Waals surface area contributed by atoms with Crippen molar-refractivity contribution in [2.24, 2.45) is 5.92 Å². The van der Waals surface area contributed by atoms with Crippen molar-refractivity contribution in [3.63, 3.8) is 0 Å². The first-order valence-corrected chi connectivity index (χ1v) is 11.6. The Bertz CT molecular complexity index is 1150. The smallest absolute Gasteiger partial charge is 0.255 e. The van der Waals surface area contributed by atoms with Crippen LogP contribution in [-0.2, 0) is 0 Å². The second-order valence-electron chi connectivity index (χ2n) is 9.26. The molecular formula is C25H30N4O3. The van der Waals surface area contributed by atoms with Crippen LogP contribution in [0.2, 0.25) is 0 Å². The number of nitrogens with zero attached hydrogens (tertiary/aromatic N) is 2. The molecule has 0 spiro atoms. The highest BCUT2D eigenvalue weighted by Gasteiger charge is 2.28. The highest BCUT2D eigenvalue weighted by atomic mass is 16.5. The molecule has 3 N–H and O–H groups in total. The van der Waals surface area contributed by atoms with Gasteiger partial charge < -0.3 is 20.1 Å². The number of amides is 1. The van der Waals surface area contributed by atoms with Gasteiger partial charge in [0.1, 0.15) is 23.3 Å². The standard InChI is InChI=1S/C25H30N4O3/c1-14-7-10-20(32-12-16-8-9-16)17(11-14)22-24-23(27-13-26-22)21(15(2)28-24)25(31)29-18-5-3-4-6-19(18)30/h7,10-11,13,16,18-19,28,30H,3-6,8-9,12H2,1-2H3,(H,29,31)/t18-,19+/m0/s1. The van der Waals surface area contributed by atoms with Crippen molar-refractivity contribution in [1.29, 1.82) is 0 Å². The number of H-pyrrole nitrogens is 1. The Hall–Kier alpha value is -2.93. The van der Waals surface area contributed by atoms with E-state index < -0.39 is 6.10 Å². The van der Waals surface area contributed by atoms with Gasteiger partial charge in [0.25, 0.3) is 5.91 Å². The monoisotopic (exact) mass is 434 g/mol. The molecule has 2 aliphatic carbocycles. The fourth-order valence-corrected chi connectivity index (χ4v) is 4.57. The second kappa shape index (κ2) is 8.54. The minimum absolute atomic E-state index is 0.209. The molecule has 32 heavy (non-hydrogen) atoms. The molecule has 0 radical (unpaired) electrons. The number of hydrogen-bond acceptors (Lipinski definition) is 5. The Balaban J connectivity index is 1.51. The van der Waals surface area contributed by atoms with Gasteiger partial charge in [-0.05, 0) is 57.6 Å². The summed E-state index contributed by atoms with van der Waals surface area (Å²) in [6, 6.07) is 5.88. The molecule has 0 unspecified atom stereocenters. The van der Waals surface area contributed by atoms with Crippen molar-refractivity contribution < 1.29 is 14.6 Å². The molecule has 2 aromatic heterocycles. The first kappa shape index (κ1) is 20.9. The largest absolute Gasteiger partial charge is 0.493 e. The number of carbonyl (C=O) groups is 1. The summed E-state index contributed by atoms with van der Waals surface area (Å²) in [7, 11) is 0. The van der Waals surface area contributed by atoms with E-state index in [-0.39, 0.29) is 11.9 Å². The van der Waals surface area contributed by atoms with Crippen LogP contribution in [0.1, 0.15) is 60.1 Å². The number of aliphatic hydroxyl groups excluding tert-OH is 1. The van der Waals surface area contributed by atoms with Crippen LogP contribution in [0.15, 0.2) is 24.5 Å². The van der Waals surface area contributed by atoms with Crippen LogP contribution in [0.5, 0.6) is 5.75 Å². The van der Waals surface area contributed by atoms with E-state index in [0.29, 0.717) is 23.6 Å². The number of hydrogen-bond donors (Lipinski definition) is 3. The number of rotatable bonds is 6. The molecule has 1 aromatic carbocycles. The van der Waals surface area contributed by atoms with Crippen LogP contribution in [0.3, 0.4) is 0 Å². The number of aromatic amines is 1. The van der Waals surface area contributed by atoms with Crippen LogP contribution < -0.4 is 10.1 Å². The molecule has 2 aliphatic rings. The third kappa shape index (κ3) is 4.09. The van der Waals surface area contributed by atoms with Crippen molar-refractivity contribution in [1.82, 2.24) is 20.3 Å². The minimum Gasteiger partial charge on any atom is -0.493 e. The summed E-state index contributed by atoms with van der Waals surface area (Å²) >= 11 is 0. The third-order valence-electron chi connectivity index (χ3n) is 6.61. The van der Waals surface area contributed by atoms with E-state index in [4.69, 9.17) is 4.74 Å². The number of aromatic nitrogens is 3. The van der Waals surface area contributed by atoms with Crippen molar-refractivity contribution in [2.45, 2.75) is 64.5 Å². The van der Waals surface area contributed by atoms with E-state index in [9.17, 15) is 9.90 Å². The van der Waals surface area contributed by atoms with Gasteiger partial charge in [-0.3, -0.25) is 4.79 Å². The van der Waals surface area contributed by atoms with E-state index in [1.165, 1.54) is 19.2 Å². The van der Waals surface area contributed by atoms with E-state index in [0.717, 1.165) is 59.5 Å². The second-order valence-corrected chi connectivity index (χ2v) is 9.26. The zero-order valence-corrected chi connectivity index (χ0v) is 18.6. The molecule has 0 saturated heterocycles. The number of aliphatic hydroxyl groups is 1. The van der Waals surface area contributed by atoms with Crippen molar-refractivity contribution in [3.8, 4) is 17.0 Å². The van der Waals surface area contributed by atoms with Crippen LogP contribution in [0.25, 0.3) is 22.3 Å². The topological polar surface area (TPSA) is 100 Å². The maximum atomic E-state index is 13.2. The molecule has 3 aromatic rings. The number of aryl methyl sites for hydroxylation is 2. The minimum atomic E-state index is -0.498. The lowest BCUT2D eigenvalue weighted by Gasteiger charge is -2.28. The number of fused-ring (bicyclic) bond motifs is 1. The Morgan fingerprint density at radius 2 is 2.00 bits per heavy atom. The maximum absolute atomic E-state index is 13.2. The fourth-order valence-electron chi connectivity index (χ4n) is 4.57. The zero-order chi connectivity index (χ0) is 22.2.